The van der Waals surface area contributed by atoms with Crippen LogP contribution in [0.1, 0.15) is 68.7 Å². The van der Waals surface area contributed by atoms with Gasteiger partial charge < -0.3 is 0 Å². The third kappa shape index (κ3) is 3.63. The molecule has 0 amide bonds. The highest BCUT2D eigenvalue weighted by molar-refractivity contribution is 6.44. The minimum atomic E-state index is -3.60. The number of halogens is 2. The molecule has 0 nitrogen and oxygen atoms in total. The first-order valence-electron chi connectivity index (χ1n) is 6.25. The van der Waals surface area contributed by atoms with Gasteiger partial charge in [0.05, 0.1) is 0 Å². The van der Waals surface area contributed by atoms with Crippen LogP contribution in [-0.2, 0) is 0 Å². The minimum Gasteiger partial charge on any atom is -0.274 e. The average Bonchev–Trinajstić information content (AvgIpc) is 2.27. The van der Waals surface area contributed by atoms with Crippen molar-refractivity contribution in [2.24, 2.45) is 0 Å². The van der Waals surface area contributed by atoms with Gasteiger partial charge in [0.2, 0.25) is 0 Å². The van der Waals surface area contributed by atoms with Crippen molar-refractivity contribution in [3.05, 3.63) is 34.9 Å². The number of benzene rings is 1. The smallest absolute Gasteiger partial charge is 0.274 e. The van der Waals surface area contributed by atoms with Gasteiger partial charge in [-0.25, -0.2) is 0 Å². The molecule has 0 heterocycles. The van der Waals surface area contributed by atoms with Crippen LogP contribution in [0.15, 0.2) is 18.2 Å². The van der Waals surface area contributed by atoms with E-state index in [2.05, 4.69) is 33.8 Å². The molecule has 0 aliphatic heterocycles. The van der Waals surface area contributed by atoms with Crippen molar-refractivity contribution >= 4 is 9.46 Å². The van der Waals surface area contributed by atoms with E-state index in [-0.39, 0.29) is 0 Å². The van der Waals surface area contributed by atoms with Crippen LogP contribution < -0.4 is 0 Å². The third-order valence-electron chi connectivity index (χ3n) is 3.24. The summed E-state index contributed by atoms with van der Waals surface area (Å²) in [6.07, 6.45) is 0. The van der Waals surface area contributed by atoms with Gasteiger partial charge in [-0.3, -0.25) is 8.22 Å². The molecule has 0 aliphatic rings. The third-order valence-corrected chi connectivity index (χ3v) is 4.38. The van der Waals surface area contributed by atoms with Gasteiger partial charge in [0.15, 0.2) is 0 Å². The largest absolute Gasteiger partial charge is 0.418 e. The zero-order chi connectivity index (χ0) is 13.2. The van der Waals surface area contributed by atoms with E-state index in [1.807, 2.05) is 12.1 Å². The van der Waals surface area contributed by atoms with Crippen LogP contribution in [0.2, 0.25) is 0 Å². The van der Waals surface area contributed by atoms with Crippen LogP contribution in [0.5, 0.6) is 0 Å². The van der Waals surface area contributed by atoms with E-state index in [9.17, 15) is 8.22 Å². The van der Waals surface area contributed by atoms with Gasteiger partial charge in [0.1, 0.15) is 0 Å². The number of hydrogen-bond donors (Lipinski definition) is 0. The topological polar surface area (TPSA) is 0 Å². The quantitative estimate of drug-likeness (QED) is 0.539. The Morgan fingerprint density at radius 2 is 1.12 bits per heavy atom. The van der Waals surface area contributed by atoms with Crippen molar-refractivity contribution in [1.82, 2.24) is 0 Å². The summed E-state index contributed by atoms with van der Waals surface area (Å²) in [5.74, 6) is 0.776. The molecule has 0 aromatic heterocycles. The molecule has 3 heteroatoms. The van der Waals surface area contributed by atoms with Gasteiger partial charge in [0, 0.05) is 5.54 Å². The number of rotatable bonds is 4. The van der Waals surface area contributed by atoms with Gasteiger partial charge in [-0.2, -0.15) is 0 Å². The molecule has 1 unspecified atom stereocenters. The highest BCUT2D eigenvalue weighted by Crippen LogP contribution is 2.28. The van der Waals surface area contributed by atoms with Crippen LogP contribution in [0.4, 0.5) is 8.22 Å². The van der Waals surface area contributed by atoms with E-state index < -0.39 is 15.0 Å². The van der Waals surface area contributed by atoms with Crippen LogP contribution in [-0.4, -0.2) is 9.46 Å². The fraction of sp³-hybridized carbons (Fsp3) is 0.571. The molecule has 1 aromatic carbocycles. The van der Waals surface area contributed by atoms with Gasteiger partial charge in [-0.05, 0) is 28.5 Å². The van der Waals surface area contributed by atoms with E-state index in [4.69, 9.17) is 0 Å². The Kier molecular flexibility index (Phi) is 4.87. The maximum atomic E-state index is 12.9. The summed E-state index contributed by atoms with van der Waals surface area (Å²) in [4.78, 5) is 0. The second-order valence-corrected chi connectivity index (χ2v) is 7.03. The van der Waals surface area contributed by atoms with Crippen molar-refractivity contribution in [2.75, 3.05) is 0 Å². The fourth-order valence-electron chi connectivity index (χ4n) is 1.78. The molecular weight excluding hydrogens is 234 g/mol. The maximum Gasteiger partial charge on any atom is 0.418 e. The van der Waals surface area contributed by atoms with Gasteiger partial charge in [-0.15, -0.1) is 0 Å². The molecule has 1 atom stereocenters. The van der Waals surface area contributed by atoms with E-state index in [0.717, 1.165) is 5.56 Å². The van der Waals surface area contributed by atoms with Crippen LogP contribution in [0, 0.1) is 0 Å². The maximum absolute atomic E-state index is 12.9. The first kappa shape index (κ1) is 14.4. The Labute approximate surface area is 105 Å². The SMILES string of the molecule is CC(C)c1cc(C(C)C)cc(C(C)[SiH](F)F)c1. The highest BCUT2D eigenvalue weighted by Gasteiger charge is 2.22. The normalized spacial score (nSPS) is 13.8. The predicted octanol–water partition coefficient (Wildman–Crippen LogP) is 4.74. The molecule has 0 spiro atoms. The first-order valence-corrected chi connectivity index (χ1v) is 7.79. The van der Waals surface area contributed by atoms with E-state index >= 15 is 0 Å². The lowest BCUT2D eigenvalue weighted by molar-refractivity contribution is 0.624. The van der Waals surface area contributed by atoms with Crippen LogP contribution in [0.25, 0.3) is 0 Å². The highest BCUT2D eigenvalue weighted by atomic mass is 28.4. The van der Waals surface area contributed by atoms with Crippen LogP contribution >= 0.6 is 0 Å². The molecule has 0 bridgehead atoms. The summed E-state index contributed by atoms with van der Waals surface area (Å²) >= 11 is 0. The lowest BCUT2D eigenvalue weighted by Gasteiger charge is -2.17. The zero-order valence-corrected chi connectivity index (χ0v) is 12.5. The second-order valence-electron chi connectivity index (χ2n) is 5.37. The molecule has 0 saturated heterocycles. The summed E-state index contributed by atoms with van der Waals surface area (Å²) in [7, 11) is -3.60. The van der Waals surface area contributed by atoms with E-state index in [1.165, 1.54) is 11.1 Å². The lowest BCUT2D eigenvalue weighted by atomic mass is 9.92. The summed E-state index contributed by atoms with van der Waals surface area (Å²) in [6, 6.07) is 6.07. The molecule has 1 rings (SSSR count). The summed E-state index contributed by atoms with van der Waals surface area (Å²) in [5.41, 5.74) is 2.62. The molecule has 0 fully saturated rings. The van der Waals surface area contributed by atoms with Crippen molar-refractivity contribution in [3.63, 3.8) is 0 Å². The van der Waals surface area contributed by atoms with E-state index in [1.54, 1.807) is 6.92 Å². The Hall–Kier alpha value is -0.703. The zero-order valence-electron chi connectivity index (χ0n) is 11.3. The van der Waals surface area contributed by atoms with Crippen molar-refractivity contribution in [1.29, 1.82) is 0 Å². The summed E-state index contributed by atoms with van der Waals surface area (Å²) in [6.45, 7) is 10.1. The summed E-state index contributed by atoms with van der Waals surface area (Å²) in [5, 5.41) is 0. The first-order chi connectivity index (χ1) is 7.82. The molecule has 0 radical (unpaired) electrons. The monoisotopic (exact) mass is 256 g/mol. The standard InChI is InChI=1S/C14H22F2Si/c1-9(2)12-6-13(10(3)4)8-14(7-12)11(5)17(15)16/h6-11,17H,1-5H3. The van der Waals surface area contributed by atoms with Crippen molar-refractivity contribution in [2.45, 2.75) is 52.0 Å². The Morgan fingerprint density at radius 3 is 1.41 bits per heavy atom. The molecule has 0 N–H and O–H groups in total. The second kappa shape index (κ2) is 5.76. The predicted molar refractivity (Wildman–Crippen MR) is 72.4 cm³/mol. The van der Waals surface area contributed by atoms with E-state index in [0.29, 0.717) is 11.8 Å². The lowest BCUT2D eigenvalue weighted by Crippen LogP contribution is -2.11. The number of hydrogen-bond acceptors (Lipinski definition) is 0. The molecule has 17 heavy (non-hydrogen) atoms. The Bertz CT molecular complexity index is 346. The molecule has 0 aliphatic carbocycles. The average molecular weight is 256 g/mol. The van der Waals surface area contributed by atoms with Gasteiger partial charge >= 0.3 is 9.46 Å². The fourth-order valence-corrected chi connectivity index (χ4v) is 2.26. The van der Waals surface area contributed by atoms with Gasteiger partial charge in [0.25, 0.3) is 0 Å². The van der Waals surface area contributed by atoms with Gasteiger partial charge in [-0.1, -0.05) is 52.8 Å². The van der Waals surface area contributed by atoms with Crippen molar-refractivity contribution in [3.8, 4) is 0 Å². The molecule has 96 valence electrons. The minimum absolute atomic E-state index is 0.388. The summed E-state index contributed by atoms with van der Waals surface area (Å²) < 4.78 is 25.8. The Balaban J connectivity index is 3.21. The Morgan fingerprint density at radius 1 is 0.765 bits per heavy atom. The molecular formula is C14H22F2Si. The molecule has 1 aromatic rings. The van der Waals surface area contributed by atoms with Crippen molar-refractivity contribution < 1.29 is 8.22 Å². The molecule has 0 saturated carbocycles. The van der Waals surface area contributed by atoms with Crippen LogP contribution in [0.3, 0.4) is 0 Å².